The average molecular weight is 374 g/mol. The van der Waals surface area contributed by atoms with E-state index < -0.39 is 6.10 Å². The average Bonchev–Trinajstić information content (AvgIpc) is 2.98. The van der Waals surface area contributed by atoms with Gasteiger partial charge in [0.1, 0.15) is 17.7 Å². The van der Waals surface area contributed by atoms with Crippen LogP contribution in [0.3, 0.4) is 0 Å². The SMILES string of the molecule is Nc1ncccc1CN1C[C@H]2C[C@@H](Oc3cccc(Cl)c3)[C@H](O)C[C@H]2C1. The van der Waals surface area contributed by atoms with E-state index in [1.807, 2.05) is 30.3 Å². The number of hydrogen-bond acceptors (Lipinski definition) is 5. The van der Waals surface area contributed by atoms with E-state index in [0.29, 0.717) is 22.7 Å². The van der Waals surface area contributed by atoms with Crippen molar-refractivity contribution in [1.29, 1.82) is 0 Å². The lowest BCUT2D eigenvalue weighted by molar-refractivity contribution is -0.0231. The maximum Gasteiger partial charge on any atom is 0.127 e. The van der Waals surface area contributed by atoms with E-state index in [-0.39, 0.29) is 6.10 Å². The summed E-state index contributed by atoms with van der Waals surface area (Å²) in [5, 5.41) is 11.2. The number of nitrogen functional groups attached to an aromatic ring is 1. The molecule has 0 radical (unpaired) electrons. The van der Waals surface area contributed by atoms with Crippen LogP contribution < -0.4 is 10.5 Å². The highest BCUT2D eigenvalue weighted by atomic mass is 35.5. The Kier molecular flexibility index (Phi) is 5.02. The van der Waals surface area contributed by atoms with Crippen molar-refractivity contribution in [3.05, 3.63) is 53.2 Å². The number of aliphatic hydroxyl groups excluding tert-OH is 1. The summed E-state index contributed by atoms with van der Waals surface area (Å²) in [4.78, 5) is 6.58. The third-order valence-corrected chi connectivity index (χ3v) is 5.80. The van der Waals surface area contributed by atoms with Crippen LogP contribution in [0.4, 0.5) is 5.82 Å². The van der Waals surface area contributed by atoms with Crippen LogP contribution in [0.25, 0.3) is 0 Å². The predicted octanol–water partition coefficient (Wildman–Crippen LogP) is 2.97. The van der Waals surface area contributed by atoms with Crippen molar-refractivity contribution in [1.82, 2.24) is 9.88 Å². The number of ether oxygens (including phenoxy) is 1. The largest absolute Gasteiger partial charge is 0.488 e. The van der Waals surface area contributed by atoms with E-state index in [9.17, 15) is 5.11 Å². The second-order valence-electron chi connectivity index (χ2n) is 7.41. The minimum atomic E-state index is -0.446. The van der Waals surface area contributed by atoms with Crippen molar-refractivity contribution in [3.8, 4) is 5.75 Å². The molecule has 26 heavy (non-hydrogen) atoms. The molecule has 2 heterocycles. The van der Waals surface area contributed by atoms with Gasteiger partial charge in [-0.2, -0.15) is 0 Å². The summed E-state index contributed by atoms with van der Waals surface area (Å²) in [6.07, 6.45) is 2.72. The molecule has 2 fully saturated rings. The number of pyridine rings is 1. The first kappa shape index (κ1) is 17.6. The molecule has 1 aliphatic carbocycles. The third-order valence-electron chi connectivity index (χ3n) is 5.56. The van der Waals surface area contributed by atoms with Gasteiger partial charge in [0.15, 0.2) is 0 Å². The molecule has 2 aliphatic rings. The summed E-state index contributed by atoms with van der Waals surface area (Å²) in [6, 6.07) is 11.3. The molecule has 1 aromatic heterocycles. The molecule has 5 nitrogen and oxygen atoms in total. The molecule has 4 atom stereocenters. The van der Waals surface area contributed by atoms with Gasteiger partial charge in [-0.25, -0.2) is 4.98 Å². The topological polar surface area (TPSA) is 71.6 Å². The zero-order valence-electron chi connectivity index (χ0n) is 14.6. The van der Waals surface area contributed by atoms with Crippen LogP contribution in [0, 0.1) is 11.8 Å². The van der Waals surface area contributed by atoms with Crippen LogP contribution in [0.2, 0.25) is 5.02 Å². The number of rotatable bonds is 4. The Morgan fingerprint density at radius 3 is 2.77 bits per heavy atom. The minimum absolute atomic E-state index is 0.182. The molecule has 1 aliphatic heterocycles. The number of halogens is 1. The van der Waals surface area contributed by atoms with Crippen LogP contribution in [-0.4, -0.2) is 40.3 Å². The Bertz CT molecular complexity index is 772. The fourth-order valence-corrected chi connectivity index (χ4v) is 4.46. The number of anilines is 1. The number of aromatic nitrogens is 1. The van der Waals surface area contributed by atoms with Gasteiger partial charge >= 0.3 is 0 Å². The van der Waals surface area contributed by atoms with Crippen molar-refractivity contribution < 1.29 is 9.84 Å². The quantitative estimate of drug-likeness (QED) is 0.862. The van der Waals surface area contributed by atoms with Gasteiger partial charge in [-0.05, 0) is 48.9 Å². The zero-order valence-corrected chi connectivity index (χ0v) is 15.3. The molecule has 0 bridgehead atoms. The molecular formula is C20H24ClN3O2. The lowest BCUT2D eigenvalue weighted by atomic mass is 9.78. The Hall–Kier alpha value is -1.82. The van der Waals surface area contributed by atoms with Crippen molar-refractivity contribution >= 4 is 17.4 Å². The number of likely N-dealkylation sites (tertiary alicyclic amines) is 1. The second-order valence-corrected chi connectivity index (χ2v) is 7.85. The van der Waals surface area contributed by atoms with E-state index in [4.69, 9.17) is 22.1 Å². The second kappa shape index (κ2) is 7.43. The summed E-state index contributed by atoms with van der Waals surface area (Å²) in [5.41, 5.74) is 7.05. The maximum absolute atomic E-state index is 10.6. The first-order valence-electron chi connectivity index (χ1n) is 9.10. The molecule has 3 N–H and O–H groups in total. The summed E-state index contributed by atoms with van der Waals surface area (Å²) in [5.74, 6) is 2.35. The van der Waals surface area contributed by atoms with Gasteiger partial charge in [-0.1, -0.05) is 23.7 Å². The molecule has 1 aromatic carbocycles. The van der Waals surface area contributed by atoms with E-state index in [1.165, 1.54) is 0 Å². The monoisotopic (exact) mass is 373 g/mol. The van der Waals surface area contributed by atoms with Crippen LogP contribution in [-0.2, 0) is 6.54 Å². The molecule has 0 amide bonds. The highest BCUT2D eigenvalue weighted by Crippen LogP contribution is 2.38. The first-order valence-corrected chi connectivity index (χ1v) is 9.48. The number of nitrogens with two attached hydrogens (primary N) is 1. The lowest BCUT2D eigenvalue weighted by Gasteiger charge is -2.35. The van der Waals surface area contributed by atoms with Gasteiger partial charge in [0.25, 0.3) is 0 Å². The first-order chi connectivity index (χ1) is 12.6. The number of fused-ring (bicyclic) bond motifs is 1. The molecule has 6 heteroatoms. The highest BCUT2D eigenvalue weighted by Gasteiger charge is 2.42. The van der Waals surface area contributed by atoms with Crippen molar-refractivity contribution in [2.24, 2.45) is 11.8 Å². The number of hydrogen-bond donors (Lipinski definition) is 2. The lowest BCUT2D eigenvalue weighted by Crippen LogP contribution is -2.42. The normalized spacial score (nSPS) is 28.7. The van der Waals surface area contributed by atoms with Gasteiger partial charge < -0.3 is 15.6 Å². The van der Waals surface area contributed by atoms with Crippen LogP contribution in [0.1, 0.15) is 18.4 Å². The summed E-state index contributed by atoms with van der Waals surface area (Å²) in [6.45, 7) is 2.80. The van der Waals surface area contributed by atoms with E-state index >= 15 is 0 Å². The van der Waals surface area contributed by atoms with Crippen LogP contribution in [0.15, 0.2) is 42.6 Å². The van der Waals surface area contributed by atoms with Gasteiger partial charge in [-0.15, -0.1) is 0 Å². The molecule has 2 aromatic rings. The van der Waals surface area contributed by atoms with Gasteiger partial charge in [0, 0.05) is 36.4 Å². The van der Waals surface area contributed by atoms with Crippen molar-refractivity contribution in [2.45, 2.75) is 31.6 Å². The summed E-state index contributed by atoms with van der Waals surface area (Å²) in [7, 11) is 0. The molecule has 138 valence electrons. The highest BCUT2D eigenvalue weighted by molar-refractivity contribution is 6.30. The Labute approximate surface area is 158 Å². The molecule has 0 spiro atoms. The smallest absolute Gasteiger partial charge is 0.127 e. The van der Waals surface area contributed by atoms with E-state index in [0.717, 1.165) is 43.8 Å². The minimum Gasteiger partial charge on any atom is -0.488 e. The molecule has 4 rings (SSSR count). The van der Waals surface area contributed by atoms with Gasteiger partial charge in [0.05, 0.1) is 6.10 Å². The van der Waals surface area contributed by atoms with E-state index in [1.54, 1.807) is 12.3 Å². The number of benzene rings is 1. The Morgan fingerprint density at radius 1 is 1.19 bits per heavy atom. The fourth-order valence-electron chi connectivity index (χ4n) is 4.28. The summed E-state index contributed by atoms with van der Waals surface area (Å²) < 4.78 is 6.05. The number of nitrogens with zero attached hydrogens (tertiary/aromatic N) is 2. The molecular weight excluding hydrogens is 350 g/mol. The zero-order chi connectivity index (χ0) is 18.1. The molecule has 0 unspecified atom stereocenters. The predicted molar refractivity (Wildman–Crippen MR) is 102 cm³/mol. The van der Waals surface area contributed by atoms with Crippen molar-refractivity contribution in [3.63, 3.8) is 0 Å². The maximum atomic E-state index is 10.6. The Morgan fingerprint density at radius 2 is 2.00 bits per heavy atom. The summed E-state index contributed by atoms with van der Waals surface area (Å²) >= 11 is 6.03. The third kappa shape index (κ3) is 3.80. The van der Waals surface area contributed by atoms with Crippen LogP contribution in [0.5, 0.6) is 5.75 Å². The molecule has 1 saturated heterocycles. The Balaban J connectivity index is 1.39. The standard InChI is InChI=1S/C20H24ClN3O2/c21-16-4-1-5-17(9-16)26-19-8-15-12-24(11-14(15)7-18(19)25)10-13-3-2-6-23-20(13)22/h1-6,9,14-15,18-19,25H,7-8,10-12H2,(H2,22,23)/t14-,15+,18+,19+/m0/s1. The number of aliphatic hydroxyl groups is 1. The molecule has 1 saturated carbocycles. The van der Waals surface area contributed by atoms with Gasteiger partial charge in [-0.3, -0.25) is 4.90 Å². The van der Waals surface area contributed by atoms with Gasteiger partial charge in [0.2, 0.25) is 0 Å². The fraction of sp³-hybridized carbons (Fsp3) is 0.450. The van der Waals surface area contributed by atoms with Crippen LogP contribution >= 0.6 is 11.6 Å². The van der Waals surface area contributed by atoms with E-state index in [2.05, 4.69) is 9.88 Å². The van der Waals surface area contributed by atoms with Crippen molar-refractivity contribution in [2.75, 3.05) is 18.8 Å².